The first-order chi connectivity index (χ1) is 13.1. The van der Waals surface area contributed by atoms with Gasteiger partial charge in [0, 0.05) is 32.0 Å². The zero-order chi connectivity index (χ0) is 19.2. The normalized spacial score (nSPS) is 22.1. The highest BCUT2D eigenvalue weighted by Gasteiger charge is 2.23. The SMILES string of the molecule is CCN1CCC(CCNC(=NC)NC2CCc3nc(C(C)C)nn3C2)CC1. The van der Waals surface area contributed by atoms with Crippen LogP contribution < -0.4 is 10.6 Å². The lowest BCUT2D eigenvalue weighted by Gasteiger charge is -2.31. The van der Waals surface area contributed by atoms with Gasteiger partial charge in [0.1, 0.15) is 5.82 Å². The Hall–Kier alpha value is -1.63. The van der Waals surface area contributed by atoms with E-state index in [1.54, 1.807) is 0 Å². The molecule has 2 N–H and O–H groups in total. The second-order valence-corrected chi connectivity index (χ2v) is 8.27. The molecule has 3 rings (SSSR count). The minimum Gasteiger partial charge on any atom is -0.356 e. The molecule has 152 valence electrons. The predicted molar refractivity (Wildman–Crippen MR) is 110 cm³/mol. The summed E-state index contributed by atoms with van der Waals surface area (Å²) >= 11 is 0. The van der Waals surface area contributed by atoms with Crippen molar-refractivity contribution in [3.63, 3.8) is 0 Å². The minimum atomic E-state index is 0.359. The Morgan fingerprint density at radius 1 is 1.26 bits per heavy atom. The van der Waals surface area contributed by atoms with Gasteiger partial charge in [-0.3, -0.25) is 4.99 Å². The first-order valence-electron chi connectivity index (χ1n) is 10.7. The van der Waals surface area contributed by atoms with Crippen molar-refractivity contribution in [1.82, 2.24) is 30.3 Å². The molecule has 0 spiro atoms. The Morgan fingerprint density at radius 2 is 2.04 bits per heavy atom. The van der Waals surface area contributed by atoms with Crippen LogP contribution in [0.4, 0.5) is 0 Å². The number of hydrogen-bond donors (Lipinski definition) is 2. The van der Waals surface area contributed by atoms with E-state index < -0.39 is 0 Å². The van der Waals surface area contributed by atoms with Gasteiger partial charge in [-0.1, -0.05) is 20.8 Å². The molecule has 7 nitrogen and oxygen atoms in total. The maximum atomic E-state index is 4.67. The van der Waals surface area contributed by atoms with Gasteiger partial charge >= 0.3 is 0 Å². The van der Waals surface area contributed by atoms with Gasteiger partial charge in [-0.2, -0.15) is 5.10 Å². The summed E-state index contributed by atoms with van der Waals surface area (Å²) < 4.78 is 2.07. The molecule has 1 saturated heterocycles. The van der Waals surface area contributed by atoms with Gasteiger partial charge in [-0.05, 0) is 51.2 Å². The molecule has 1 aromatic heterocycles. The van der Waals surface area contributed by atoms with Crippen LogP contribution in [0.1, 0.15) is 64.0 Å². The highest BCUT2D eigenvalue weighted by atomic mass is 15.4. The number of likely N-dealkylation sites (tertiary alicyclic amines) is 1. The lowest BCUT2D eigenvalue weighted by molar-refractivity contribution is 0.187. The Morgan fingerprint density at radius 3 is 2.70 bits per heavy atom. The minimum absolute atomic E-state index is 0.359. The second kappa shape index (κ2) is 9.53. The van der Waals surface area contributed by atoms with Crippen molar-refractivity contribution in [2.24, 2.45) is 10.9 Å². The largest absolute Gasteiger partial charge is 0.356 e. The van der Waals surface area contributed by atoms with Crippen molar-refractivity contribution in [3.8, 4) is 0 Å². The summed E-state index contributed by atoms with van der Waals surface area (Å²) in [6, 6.07) is 0.359. The van der Waals surface area contributed by atoms with E-state index in [0.717, 1.165) is 49.5 Å². The summed E-state index contributed by atoms with van der Waals surface area (Å²) in [6.45, 7) is 12.1. The van der Waals surface area contributed by atoms with E-state index in [-0.39, 0.29) is 0 Å². The van der Waals surface area contributed by atoms with E-state index in [4.69, 9.17) is 0 Å². The smallest absolute Gasteiger partial charge is 0.191 e. The van der Waals surface area contributed by atoms with Crippen molar-refractivity contribution >= 4 is 5.96 Å². The molecule has 1 aromatic rings. The zero-order valence-corrected chi connectivity index (χ0v) is 17.5. The summed E-state index contributed by atoms with van der Waals surface area (Å²) in [7, 11) is 1.86. The van der Waals surface area contributed by atoms with Crippen LogP contribution >= 0.6 is 0 Å². The molecule has 0 saturated carbocycles. The Bertz CT molecular complexity index is 614. The van der Waals surface area contributed by atoms with E-state index in [0.29, 0.717) is 12.0 Å². The number of guanidine groups is 1. The molecule has 0 radical (unpaired) electrons. The van der Waals surface area contributed by atoms with Crippen LogP contribution in [0.15, 0.2) is 4.99 Å². The fourth-order valence-corrected chi connectivity index (χ4v) is 4.06. The first kappa shape index (κ1) is 20.1. The summed E-state index contributed by atoms with van der Waals surface area (Å²) in [5.41, 5.74) is 0. The molecule has 2 aliphatic heterocycles. The summed E-state index contributed by atoms with van der Waals surface area (Å²) in [5, 5.41) is 11.8. The number of aromatic nitrogens is 3. The van der Waals surface area contributed by atoms with Crippen LogP contribution in [0.25, 0.3) is 0 Å². The van der Waals surface area contributed by atoms with Gasteiger partial charge < -0.3 is 15.5 Å². The number of aryl methyl sites for hydroxylation is 1. The van der Waals surface area contributed by atoms with Gasteiger partial charge in [-0.15, -0.1) is 0 Å². The van der Waals surface area contributed by atoms with Gasteiger partial charge in [0.15, 0.2) is 11.8 Å². The zero-order valence-electron chi connectivity index (χ0n) is 17.5. The average Bonchev–Trinajstić information content (AvgIpc) is 3.11. The molecule has 0 aliphatic carbocycles. The fourth-order valence-electron chi connectivity index (χ4n) is 4.06. The topological polar surface area (TPSA) is 70.4 Å². The van der Waals surface area contributed by atoms with Gasteiger partial charge in [0.2, 0.25) is 0 Å². The maximum Gasteiger partial charge on any atom is 0.191 e. The summed E-state index contributed by atoms with van der Waals surface area (Å²) in [6.07, 6.45) is 5.94. The quantitative estimate of drug-likeness (QED) is 0.588. The average molecular weight is 376 g/mol. The number of rotatable bonds is 6. The van der Waals surface area contributed by atoms with Crippen LogP contribution in [0.5, 0.6) is 0 Å². The molecule has 27 heavy (non-hydrogen) atoms. The van der Waals surface area contributed by atoms with Crippen LogP contribution in [0.3, 0.4) is 0 Å². The molecule has 0 bridgehead atoms. The number of nitrogens with one attached hydrogen (secondary N) is 2. The van der Waals surface area contributed by atoms with Crippen molar-refractivity contribution in [1.29, 1.82) is 0 Å². The number of nitrogens with zero attached hydrogens (tertiary/aromatic N) is 5. The molecular weight excluding hydrogens is 338 g/mol. The van der Waals surface area contributed by atoms with Crippen molar-refractivity contribution in [3.05, 3.63) is 11.6 Å². The molecule has 0 aromatic carbocycles. The molecule has 7 heteroatoms. The Kier molecular flexibility index (Phi) is 7.10. The lowest BCUT2D eigenvalue weighted by Crippen LogP contribution is -2.47. The molecular formula is C20H37N7. The standard InChI is InChI=1S/C20H37N7/c1-5-26-12-9-16(10-13-26)8-11-22-20(21-4)23-17-6-7-18-24-19(15(2)3)25-27(18)14-17/h15-17H,5-14H2,1-4H3,(H2,21,22,23). The molecule has 1 atom stereocenters. The van der Waals surface area contributed by atoms with Crippen molar-refractivity contribution in [2.45, 2.75) is 71.4 Å². The van der Waals surface area contributed by atoms with Crippen molar-refractivity contribution < 1.29 is 0 Å². The lowest BCUT2D eigenvalue weighted by atomic mass is 9.93. The molecule has 1 unspecified atom stereocenters. The van der Waals surface area contributed by atoms with Crippen LogP contribution in [0.2, 0.25) is 0 Å². The maximum absolute atomic E-state index is 4.67. The molecule has 2 aliphatic rings. The monoisotopic (exact) mass is 375 g/mol. The Labute approximate surface area is 164 Å². The fraction of sp³-hybridized carbons (Fsp3) is 0.850. The second-order valence-electron chi connectivity index (χ2n) is 8.27. The van der Waals surface area contributed by atoms with E-state index in [9.17, 15) is 0 Å². The van der Waals surface area contributed by atoms with Gasteiger partial charge in [0.05, 0.1) is 6.54 Å². The molecule has 1 fully saturated rings. The van der Waals surface area contributed by atoms with Crippen LogP contribution in [-0.2, 0) is 13.0 Å². The predicted octanol–water partition coefficient (Wildman–Crippen LogP) is 2.00. The van der Waals surface area contributed by atoms with Gasteiger partial charge in [0.25, 0.3) is 0 Å². The highest BCUT2D eigenvalue weighted by Crippen LogP contribution is 2.20. The van der Waals surface area contributed by atoms with E-state index in [1.807, 2.05) is 7.05 Å². The van der Waals surface area contributed by atoms with Gasteiger partial charge in [-0.25, -0.2) is 9.67 Å². The first-order valence-corrected chi connectivity index (χ1v) is 10.7. The summed E-state index contributed by atoms with van der Waals surface area (Å²) in [4.78, 5) is 11.6. The molecule has 3 heterocycles. The van der Waals surface area contributed by atoms with Crippen molar-refractivity contribution in [2.75, 3.05) is 33.2 Å². The third-order valence-corrected chi connectivity index (χ3v) is 5.95. The number of aliphatic imine (C=N–C) groups is 1. The highest BCUT2D eigenvalue weighted by molar-refractivity contribution is 5.79. The van der Waals surface area contributed by atoms with E-state index in [2.05, 4.69) is 56.1 Å². The summed E-state index contributed by atoms with van der Waals surface area (Å²) in [5.74, 6) is 4.23. The van der Waals surface area contributed by atoms with Crippen LogP contribution in [-0.4, -0.2) is 64.9 Å². The van der Waals surface area contributed by atoms with Crippen LogP contribution in [0, 0.1) is 5.92 Å². The number of hydrogen-bond acceptors (Lipinski definition) is 4. The third kappa shape index (κ3) is 5.43. The number of piperidine rings is 1. The van der Waals surface area contributed by atoms with E-state index >= 15 is 0 Å². The van der Waals surface area contributed by atoms with E-state index in [1.165, 1.54) is 38.9 Å². The third-order valence-electron chi connectivity index (χ3n) is 5.95. The number of fused-ring (bicyclic) bond motifs is 1. The molecule has 0 amide bonds. The Balaban J connectivity index is 1.41.